The van der Waals surface area contributed by atoms with E-state index in [-0.39, 0.29) is 29.1 Å². The highest BCUT2D eigenvalue weighted by Gasteiger charge is 2.38. The topological polar surface area (TPSA) is 49.4 Å². The Bertz CT molecular complexity index is 1180. The fourth-order valence-electron chi connectivity index (χ4n) is 5.42. The van der Waals surface area contributed by atoms with E-state index in [0.29, 0.717) is 25.8 Å². The summed E-state index contributed by atoms with van der Waals surface area (Å²) in [6.07, 6.45) is 3.96. The van der Waals surface area contributed by atoms with Gasteiger partial charge in [-0.05, 0) is 59.7 Å². The van der Waals surface area contributed by atoms with E-state index in [1.54, 1.807) is 0 Å². The van der Waals surface area contributed by atoms with Gasteiger partial charge in [0.1, 0.15) is 5.82 Å². The minimum Gasteiger partial charge on any atom is -0.350 e. The molecule has 33 heavy (non-hydrogen) atoms. The average Bonchev–Trinajstić information content (AvgIpc) is 3.46. The Morgan fingerprint density at radius 1 is 1.06 bits per heavy atom. The molecule has 0 aliphatic carbocycles. The zero-order valence-electron chi connectivity index (χ0n) is 18.7. The molecule has 2 aliphatic rings. The summed E-state index contributed by atoms with van der Waals surface area (Å²) in [5, 5.41) is 5.59. The highest BCUT2D eigenvalue weighted by atomic mass is 19.1. The van der Waals surface area contributed by atoms with Gasteiger partial charge in [0.15, 0.2) is 0 Å². The number of likely N-dealkylation sites (tertiary alicyclic amines) is 1. The molecule has 2 atom stereocenters. The number of amides is 2. The van der Waals surface area contributed by atoms with Gasteiger partial charge in [0, 0.05) is 37.4 Å². The maximum absolute atomic E-state index is 13.2. The van der Waals surface area contributed by atoms with Gasteiger partial charge < -0.3 is 10.2 Å². The summed E-state index contributed by atoms with van der Waals surface area (Å²) in [4.78, 5) is 27.1. The Kier molecular flexibility index (Phi) is 5.88. The predicted molar refractivity (Wildman–Crippen MR) is 127 cm³/mol. The van der Waals surface area contributed by atoms with Crippen molar-refractivity contribution in [3.63, 3.8) is 0 Å². The third-order valence-electron chi connectivity index (χ3n) is 7.29. The molecule has 0 spiro atoms. The number of hydrogen-bond donors (Lipinski definition) is 1. The number of rotatable bonds is 6. The Morgan fingerprint density at radius 2 is 1.85 bits per heavy atom. The third kappa shape index (κ3) is 4.77. The second-order valence-electron chi connectivity index (χ2n) is 9.56. The molecule has 5 rings (SSSR count). The molecule has 2 saturated heterocycles. The van der Waals surface area contributed by atoms with E-state index < -0.39 is 0 Å². The maximum Gasteiger partial charge on any atom is 0.222 e. The van der Waals surface area contributed by atoms with Crippen molar-refractivity contribution < 1.29 is 14.0 Å². The second-order valence-corrected chi connectivity index (χ2v) is 9.56. The zero-order valence-corrected chi connectivity index (χ0v) is 18.7. The molecule has 1 N–H and O–H groups in total. The van der Waals surface area contributed by atoms with Crippen LogP contribution in [0.2, 0.25) is 0 Å². The first-order valence-corrected chi connectivity index (χ1v) is 11.8. The maximum atomic E-state index is 13.2. The van der Waals surface area contributed by atoms with Gasteiger partial charge in [-0.25, -0.2) is 4.39 Å². The molecule has 2 unspecified atom stereocenters. The first kappa shape index (κ1) is 21.6. The molecule has 2 aliphatic heterocycles. The second kappa shape index (κ2) is 8.97. The number of hydrogen-bond acceptors (Lipinski definition) is 2. The lowest BCUT2D eigenvalue weighted by atomic mass is 9.84. The van der Waals surface area contributed by atoms with Crippen LogP contribution in [-0.4, -0.2) is 35.3 Å². The molecule has 3 aromatic rings. The number of fused-ring (bicyclic) bond motifs is 1. The van der Waals surface area contributed by atoms with Crippen LogP contribution < -0.4 is 5.32 Å². The number of nitrogens with one attached hydrogen (secondary N) is 1. The highest BCUT2D eigenvalue weighted by molar-refractivity contribution is 5.83. The predicted octanol–water partition coefficient (Wildman–Crippen LogP) is 4.97. The lowest BCUT2D eigenvalue weighted by molar-refractivity contribution is -0.131. The van der Waals surface area contributed by atoms with Crippen LogP contribution in [0.4, 0.5) is 4.39 Å². The van der Waals surface area contributed by atoms with E-state index in [0.717, 1.165) is 31.4 Å². The summed E-state index contributed by atoms with van der Waals surface area (Å²) in [6.45, 7) is 1.40. The SMILES string of the molecule is O=C1CCC(CCC(=O)N2CCC(c3ccc(F)cc3)C2)(Cc2ccc3ccccc3c2)N1. The average molecular weight is 445 g/mol. The summed E-state index contributed by atoms with van der Waals surface area (Å²) in [5.74, 6) is 0.228. The number of carbonyl (C=O) groups excluding carboxylic acids is 2. The van der Waals surface area contributed by atoms with Crippen molar-refractivity contribution in [1.29, 1.82) is 0 Å². The van der Waals surface area contributed by atoms with E-state index in [9.17, 15) is 14.0 Å². The summed E-state index contributed by atoms with van der Waals surface area (Å²) in [6, 6.07) is 21.3. The van der Waals surface area contributed by atoms with Gasteiger partial charge in [0.05, 0.1) is 0 Å². The van der Waals surface area contributed by atoms with Crippen LogP contribution in [-0.2, 0) is 16.0 Å². The minimum atomic E-state index is -0.370. The van der Waals surface area contributed by atoms with Gasteiger partial charge in [0.2, 0.25) is 11.8 Å². The quantitative estimate of drug-likeness (QED) is 0.584. The van der Waals surface area contributed by atoms with Crippen molar-refractivity contribution >= 4 is 22.6 Å². The number of benzene rings is 3. The standard InChI is InChI=1S/C28H29FN2O2/c29-25-9-7-22(8-10-25)24-13-16-31(19-24)27(33)12-15-28(14-11-26(32)30-28)18-20-5-6-21-3-1-2-4-23(21)17-20/h1-10,17,24H,11-16,18-19H2,(H,30,32). The molecule has 0 bridgehead atoms. The summed E-state index contributed by atoms with van der Waals surface area (Å²) < 4.78 is 13.2. The minimum absolute atomic E-state index is 0.0702. The van der Waals surface area contributed by atoms with Crippen LogP contribution in [0.15, 0.2) is 66.7 Å². The van der Waals surface area contributed by atoms with Crippen LogP contribution in [0.25, 0.3) is 10.8 Å². The highest BCUT2D eigenvalue weighted by Crippen LogP contribution is 2.32. The van der Waals surface area contributed by atoms with Crippen molar-refractivity contribution in [2.45, 2.75) is 50.0 Å². The molecule has 0 radical (unpaired) electrons. The summed E-state index contributed by atoms with van der Waals surface area (Å²) >= 11 is 0. The van der Waals surface area contributed by atoms with Crippen molar-refractivity contribution in [3.05, 3.63) is 83.7 Å². The van der Waals surface area contributed by atoms with Crippen molar-refractivity contribution in [2.24, 2.45) is 0 Å². The van der Waals surface area contributed by atoms with Crippen LogP contribution in [0.3, 0.4) is 0 Å². The van der Waals surface area contributed by atoms with E-state index in [4.69, 9.17) is 0 Å². The fraction of sp³-hybridized carbons (Fsp3) is 0.357. The smallest absolute Gasteiger partial charge is 0.222 e. The Hall–Kier alpha value is -3.21. The van der Waals surface area contributed by atoms with Gasteiger partial charge in [-0.3, -0.25) is 9.59 Å². The first-order valence-electron chi connectivity index (χ1n) is 11.8. The number of carbonyl (C=O) groups is 2. The molecule has 5 heteroatoms. The Morgan fingerprint density at radius 3 is 2.61 bits per heavy atom. The van der Waals surface area contributed by atoms with Crippen LogP contribution in [0.1, 0.15) is 49.1 Å². The van der Waals surface area contributed by atoms with Gasteiger partial charge >= 0.3 is 0 Å². The van der Waals surface area contributed by atoms with E-state index in [1.807, 2.05) is 29.2 Å². The van der Waals surface area contributed by atoms with E-state index in [2.05, 4.69) is 35.6 Å². The fourth-order valence-corrected chi connectivity index (χ4v) is 5.42. The molecule has 2 fully saturated rings. The lowest BCUT2D eigenvalue weighted by Gasteiger charge is -2.30. The van der Waals surface area contributed by atoms with Crippen molar-refractivity contribution in [3.8, 4) is 0 Å². The molecule has 170 valence electrons. The van der Waals surface area contributed by atoms with Gasteiger partial charge in [-0.15, -0.1) is 0 Å². The zero-order chi connectivity index (χ0) is 22.8. The van der Waals surface area contributed by atoms with Crippen LogP contribution in [0, 0.1) is 5.82 Å². The summed E-state index contributed by atoms with van der Waals surface area (Å²) in [5.41, 5.74) is 1.90. The van der Waals surface area contributed by atoms with Crippen LogP contribution >= 0.6 is 0 Å². The lowest BCUT2D eigenvalue weighted by Crippen LogP contribution is -2.44. The largest absolute Gasteiger partial charge is 0.350 e. The normalized spacial score (nSPS) is 22.6. The molecule has 2 heterocycles. The first-order chi connectivity index (χ1) is 16.0. The van der Waals surface area contributed by atoms with Gasteiger partial charge in [0.25, 0.3) is 0 Å². The Labute approximate surface area is 193 Å². The molecule has 2 amide bonds. The number of nitrogens with zero attached hydrogens (tertiary/aromatic N) is 1. The molecular weight excluding hydrogens is 415 g/mol. The third-order valence-corrected chi connectivity index (χ3v) is 7.29. The Balaban J connectivity index is 1.24. The molecular formula is C28H29FN2O2. The molecule has 4 nitrogen and oxygen atoms in total. The van der Waals surface area contributed by atoms with Crippen LogP contribution in [0.5, 0.6) is 0 Å². The number of halogens is 1. The van der Waals surface area contributed by atoms with Crippen molar-refractivity contribution in [2.75, 3.05) is 13.1 Å². The van der Waals surface area contributed by atoms with Gasteiger partial charge in [-0.1, -0.05) is 54.6 Å². The van der Waals surface area contributed by atoms with E-state index in [1.165, 1.54) is 28.5 Å². The monoisotopic (exact) mass is 444 g/mol. The van der Waals surface area contributed by atoms with E-state index >= 15 is 0 Å². The van der Waals surface area contributed by atoms with Crippen molar-refractivity contribution in [1.82, 2.24) is 10.2 Å². The molecule has 0 saturated carbocycles. The molecule has 0 aromatic heterocycles. The summed E-state index contributed by atoms with van der Waals surface area (Å²) in [7, 11) is 0. The van der Waals surface area contributed by atoms with Gasteiger partial charge in [-0.2, -0.15) is 0 Å². The molecule has 3 aromatic carbocycles.